The zero-order valence-electron chi connectivity index (χ0n) is 18.7. The first-order valence-electron chi connectivity index (χ1n) is 10.9. The number of fused-ring (bicyclic) bond motifs is 1. The van der Waals surface area contributed by atoms with Gasteiger partial charge in [-0.1, -0.05) is 11.6 Å². The number of sulfonamides is 1. The van der Waals surface area contributed by atoms with Gasteiger partial charge in [0.1, 0.15) is 11.6 Å². The van der Waals surface area contributed by atoms with Crippen LogP contribution in [0.5, 0.6) is 0 Å². The van der Waals surface area contributed by atoms with E-state index in [1.54, 1.807) is 12.1 Å². The van der Waals surface area contributed by atoms with Crippen LogP contribution in [0.3, 0.4) is 0 Å². The van der Waals surface area contributed by atoms with Crippen molar-refractivity contribution in [3.8, 4) is 12.1 Å². The maximum Gasteiger partial charge on any atom is 0.232 e. The fourth-order valence-corrected chi connectivity index (χ4v) is 4.99. The van der Waals surface area contributed by atoms with Crippen LogP contribution in [-0.2, 0) is 10.0 Å². The van der Waals surface area contributed by atoms with Crippen LogP contribution in [-0.4, -0.2) is 70.8 Å². The number of halogens is 1. The molecular formula is C21H21ClN10O2S. The molecule has 0 radical (unpaired) electrons. The quantitative estimate of drug-likeness (QED) is 0.500. The average Bonchev–Trinajstić information content (AvgIpc) is 3.56. The molecule has 1 aliphatic carbocycles. The fourth-order valence-electron chi connectivity index (χ4n) is 3.89. The van der Waals surface area contributed by atoms with Crippen molar-refractivity contribution in [2.75, 3.05) is 48.0 Å². The van der Waals surface area contributed by atoms with Gasteiger partial charge in [0.05, 0.1) is 40.5 Å². The first kappa shape index (κ1) is 23.1. The Kier molecular flexibility index (Phi) is 5.84. The molecule has 1 saturated heterocycles. The van der Waals surface area contributed by atoms with Gasteiger partial charge in [0.2, 0.25) is 21.9 Å². The van der Waals surface area contributed by atoms with Crippen molar-refractivity contribution in [3.05, 3.63) is 34.5 Å². The summed E-state index contributed by atoms with van der Waals surface area (Å²) in [7, 11) is -3.27. The van der Waals surface area contributed by atoms with Gasteiger partial charge in [-0.05, 0) is 25.0 Å². The van der Waals surface area contributed by atoms with Gasteiger partial charge in [-0.25, -0.2) is 8.42 Å². The summed E-state index contributed by atoms with van der Waals surface area (Å²) in [5, 5.41) is 30.0. The second-order valence-corrected chi connectivity index (χ2v) is 10.8. The summed E-state index contributed by atoms with van der Waals surface area (Å²) in [6, 6.07) is 7.79. The van der Waals surface area contributed by atoms with Gasteiger partial charge in [-0.15, -0.1) is 0 Å². The monoisotopic (exact) mass is 512 g/mol. The number of nitrogens with zero attached hydrogens (tertiary/aromatic N) is 8. The number of hydrogen-bond acceptors (Lipinski definition) is 10. The highest BCUT2D eigenvalue weighted by molar-refractivity contribution is 7.88. The molecule has 5 rings (SSSR count). The topological polar surface area (TPSA) is 155 Å². The van der Waals surface area contributed by atoms with Crippen LogP contribution in [0.4, 0.5) is 23.3 Å². The minimum absolute atomic E-state index is 0.197. The van der Waals surface area contributed by atoms with Gasteiger partial charge < -0.3 is 15.5 Å². The van der Waals surface area contributed by atoms with Crippen molar-refractivity contribution in [1.29, 1.82) is 10.5 Å². The molecule has 1 aromatic carbocycles. The van der Waals surface area contributed by atoms with Crippen LogP contribution in [0, 0.1) is 22.7 Å². The van der Waals surface area contributed by atoms with Crippen LogP contribution in [0.2, 0.25) is 5.02 Å². The largest absolute Gasteiger partial charge is 0.368 e. The molecule has 0 amide bonds. The van der Waals surface area contributed by atoms with Crippen molar-refractivity contribution in [2.45, 2.75) is 18.9 Å². The summed E-state index contributed by atoms with van der Waals surface area (Å²) in [6.07, 6.45) is 4.66. The van der Waals surface area contributed by atoms with E-state index in [2.05, 4.69) is 37.8 Å². The Morgan fingerprint density at radius 1 is 1.11 bits per heavy atom. The zero-order chi connectivity index (χ0) is 24.7. The summed E-state index contributed by atoms with van der Waals surface area (Å²) in [5.41, 5.74) is 2.05. The van der Waals surface area contributed by atoms with Crippen molar-refractivity contribution in [3.63, 3.8) is 0 Å². The van der Waals surface area contributed by atoms with Crippen LogP contribution in [0.15, 0.2) is 18.3 Å². The lowest BCUT2D eigenvalue weighted by atomic mass is 10.1. The lowest BCUT2D eigenvalue weighted by Gasteiger charge is -2.35. The Morgan fingerprint density at radius 2 is 1.86 bits per heavy atom. The van der Waals surface area contributed by atoms with Crippen LogP contribution < -0.4 is 15.5 Å². The highest BCUT2D eigenvalue weighted by Crippen LogP contribution is 2.36. The van der Waals surface area contributed by atoms with E-state index in [4.69, 9.17) is 11.6 Å². The van der Waals surface area contributed by atoms with Crippen molar-refractivity contribution >= 4 is 50.5 Å². The molecule has 0 atom stereocenters. The molecule has 2 N–H and O–H groups in total. The summed E-state index contributed by atoms with van der Waals surface area (Å²) in [6.45, 7) is 1.51. The predicted octanol–water partition coefficient (Wildman–Crippen LogP) is 1.92. The van der Waals surface area contributed by atoms with Gasteiger partial charge in [0.25, 0.3) is 0 Å². The Hall–Kier alpha value is -3.65. The summed E-state index contributed by atoms with van der Waals surface area (Å²) in [4.78, 5) is 10.9. The van der Waals surface area contributed by atoms with Crippen molar-refractivity contribution in [1.82, 2.24) is 23.9 Å². The maximum absolute atomic E-state index is 11.9. The van der Waals surface area contributed by atoms with Crippen LogP contribution in [0.1, 0.15) is 24.0 Å². The summed E-state index contributed by atoms with van der Waals surface area (Å²) < 4.78 is 26.6. The second-order valence-electron chi connectivity index (χ2n) is 8.44. The van der Waals surface area contributed by atoms with E-state index in [1.165, 1.54) is 21.3 Å². The number of nitrogens with one attached hydrogen (secondary N) is 2. The van der Waals surface area contributed by atoms with E-state index in [1.807, 2.05) is 4.90 Å². The third-order valence-corrected chi connectivity index (χ3v) is 7.58. The lowest BCUT2D eigenvalue weighted by Crippen LogP contribution is -2.48. The highest BCUT2D eigenvalue weighted by atomic mass is 35.5. The molecule has 2 fully saturated rings. The van der Waals surface area contributed by atoms with E-state index in [0.717, 1.165) is 12.8 Å². The van der Waals surface area contributed by atoms with E-state index >= 15 is 0 Å². The van der Waals surface area contributed by atoms with Gasteiger partial charge in [-0.3, -0.25) is 0 Å². The second kappa shape index (κ2) is 8.85. The van der Waals surface area contributed by atoms with E-state index in [9.17, 15) is 18.9 Å². The third-order valence-electron chi connectivity index (χ3n) is 5.88. The first-order chi connectivity index (χ1) is 16.8. The van der Waals surface area contributed by atoms with Gasteiger partial charge in [0, 0.05) is 32.2 Å². The number of anilines is 4. The number of benzene rings is 1. The van der Waals surface area contributed by atoms with Crippen molar-refractivity contribution in [2.24, 2.45) is 0 Å². The molecular weight excluding hydrogens is 492 g/mol. The number of piperazine rings is 1. The first-order valence-corrected chi connectivity index (χ1v) is 13.1. The van der Waals surface area contributed by atoms with Crippen molar-refractivity contribution < 1.29 is 8.42 Å². The molecule has 14 heteroatoms. The minimum atomic E-state index is -3.27. The molecule has 1 aliphatic heterocycles. The molecule has 1 saturated carbocycles. The molecule has 0 bridgehead atoms. The molecule has 2 aromatic heterocycles. The van der Waals surface area contributed by atoms with Crippen LogP contribution in [0.25, 0.3) is 5.65 Å². The van der Waals surface area contributed by atoms with Gasteiger partial charge >= 0.3 is 0 Å². The highest BCUT2D eigenvalue weighted by Gasteiger charge is 2.27. The van der Waals surface area contributed by atoms with E-state index in [0.29, 0.717) is 71.3 Å². The van der Waals surface area contributed by atoms with Gasteiger partial charge in [-0.2, -0.15) is 34.4 Å². The Bertz CT molecular complexity index is 1500. The van der Waals surface area contributed by atoms with E-state index in [-0.39, 0.29) is 5.95 Å². The molecule has 2 aliphatic rings. The van der Waals surface area contributed by atoms with E-state index < -0.39 is 10.0 Å². The fraction of sp³-hybridized carbons (Fsp3) is 0.381. The molecule has 180 valence electrons. The number of nitriles is 2. The van der Waals surface area contributed by atoms with Gasteiger partial charge in [0.15, 0.2) is 5.65 Å². The number of rotatable bonds is 6. The summed E-state index contributed by atoms with van der Waals surface area (Å²) in [5.74, 6) is 0.647. The zero-order valence-corrected chi connectivity index (χ0v) is 20.3. The SMILES string of the molecule is CS(=O)(=O)N1CCN(c2cc(C#N)cc(Nc3nc(NC4CC4)n4ncc(C#N)c4n3)c2Cl)CC1. The minimum Gasteiger partial charge on any atom is -0.368 e. The third kappa shape index (κ3) is 4.66. The lowest BCUT2D eigenvalue weighted by molar-refractivity contribution is 0.388. The standard InChI is InChI=1S/C21H21ClN10O2S/c1-35(33,34)31-6-4-30(5-7-31)17-9-13(10-23)8-16(18(17)22)27-20-28-19-14(11-24)12-25-32(19)21(29-20)26-15-2-3-15/h8-9,12,15H,2-7H2,1H3,(H2,26,27,28,29). The molecule has 35 heavy (non-hydrogen) atoms. The summed E-state index contributed by atoms with van der Waals surface area (Å²) >= 11 is 6.75. The molecule has 3 aromatic rings. The smallest absolute Gasteiger partial charge is 0.232 e. The maximum atomic E-state index is 11.9. The predicted molar refractivity (Wildman–Crippen MR) is 130 cm³/mol. The molecule has 0 spiro atoms. The normalized spacial score (nSPS) is 16.6. The van der Waals surface area contributed by atoms with Crippen LogP contribution >= 0.6 is 11.6 Å². The Morgan fingerprint density at radius 3 is 2.49 bits per heavy atom. The molecule has 3 heterocycles. The molecule has 12 nitrogen and oxygen atoms in total. The number of aromatic nitrogens is 4. The molecule has 0 unspecified atom stereocenters. The Balaban J connectivity index is 1.49. The average molecular weight is 513 g/mol. The number of hydrogen-bond donors (Lipinski definition) is 2. The Labute approximate surface area is 206 Å².